The summed E-state index contributed by atoms with van der Waals surface area (Å²) in [5.41, 5.74) is 7.91. The molecule has 2 rings (SSSR count). The number of aryl methyl sites for hydroxylation is 3. The summed E-state index contributed by atoms with van der Waals surface area (Å²) in [5.74, 6) is 0. The van der Waals surface area contributed by atoms with Crippen molar-refractivity contribution < 1.29 is 0 Å². The molecule has 0 spiro atoms. The van der Waals surface area contributed by atoms with Crippen LogP contribution in [0.4, 0.5) is 0 Å². The van der Waals surface area contributed by atoms with E-state index in [1.807, 2.05) is 5.20 Å². The van der Waals surface area contributed by atoms with Crippen molar-refractivity contribution >= 4 is 14.7 Å². The van der Waals surface area contributed by atoms with Crippen molar-refractivity contribution in [3.8, 4) is 0 Å². The van der Waals surface area contributed by atoms with E-state index in [0.717, 1.165) is 0 Å². The van der Waals surface area contributed by atoms with Crippen LogP contribution in [0, 0.1) is 20.8 Å². The Balaban J connectivity index is 2.14. The minimum Gasteiger partial charge on any atom is -0.0755 e. The molecule has 0 aliphatic heterocycles. The molecule has 0 atom stereocenters. The molecule has 24 heavy (non-hydrogen) atoms. The van der Waals surface area contributed by atoms with E-state index >= 15 is 0 Å². The van der Waals surface area contributed by atoms with Gasteiger partial charge < -0.3 is 0 Å². The smallest absolute Gasteiger partial charge is 0.0755 e. The van der Waals surface area contributed by atoms with Gasteiger partial charge in [0.05, 0.1) is 9.52 Å². The van der Waals surface area contributed by atoms with Gasteiger partial charge in [0, 0.05) is 0 Å². The number of unbranched alkanes of at least 4 members (excludes halogenated alkanes) is 3. The van der Waals surface area contributed by atoms with E-state index in [4.69, 9.17) is 0 Å². The standard InChI is InChI=1S/C23H36Si/c1-6-8-10-11-20-15-21(12-9-7-2)22(16-20)24-23-18(4)13-17(3)14-19(23)5/h13-15H,6-12,16,24H2,1-5H3. The summed E-state index contributed by atoms with van der Waals surface area (Å²) in [5, 5.41) is 3.54. The molecular weight excluding hydrogens is 304 g/mol. The first-order valence-electron chi connectivity index (χ1n) is 10.0. The Morgan fingerprint density at radius 1 is 0.875 bits per heavy atom. The van der Waals surface area contributed by atoms with Crippen molar-refractivity contribution in [3.63, 3.8) is 0 Å². The lowest BCUT2D eigenvalue weighted by atomic mass is 10.1. The molecule has 0 nitrogen and oxygen atoms in total. The Hall–Kier alpha value is -1.08. The average Bonchev–Trinajstić information content (AvgIpc) is 2.91. The molecule has 1 aliphatic rings. The van der Waals surface area contributed by atoms with Crippen molar-refractivity contribution in [2.75, 3.05) is 0 Å². The van der Waals surface area contributed by atoms with E-state index in [0.29, 0.717) is 0 Å². The maximum Gasteiger partial charge on any atom is 0.0838 e. The fraction of sp³-hybridized carbons (Fsp3) is 0.565. The monoisotopic (exact) mass is 340 g/mol. The van der Waals surface area contributed by atoms with Crippen molar-refractivity contribution in [2.45, 2.75) is 86.0 Å². The van der Waals surface area contributed by atoms with Crippen molar-refractivity contribution in [2.24, 2.45) is 0 Å². The summed E-state index contributed by atoms with van der Waals surface area (Å²) < 4.78 is 0. The fourth-order valence-corrected chi connectivity index (χ4v) is 6.18. The Morgan fingerprint density at radius 3 is 2.17 bits per heavy atom. The van der Waals surface area contributed by atoms with Gasteiger partial charge in [-0.15, -0.1) is 0 Å². The summed E-state index contributed by atoms with van der Waals surface area (Å²) in [6, 6.07) is 4.76. The van der Waals surface area contributed by atoms with Crippen LogP contribution in [-0.4, -0.2) is 9.52 Å². The fourth-order valence-electron chi connectivity index (χ4n) is 4.04. The molecule has 1 aromatic rings. The molecule has 0 unspecified atom stereocenters. The first-order valence-corrected chi connectivity index (χ1v) is 11.4. The molecular formula is C23H36Si. The lowest BCUT2D eigenvalue weighted by Gasteiger charge is -2.14. The third kappa shape index (κ3) is 5.21. The summed E-state index contributed by atoms with van der Waals surface area (Å²) in [7, 11) is -0.317. The highest BCUT2D eigenvalue weighted by molar-refractivity contribution is 6.62. The van der Waals surface area contributed by atoms with E-state index < -0.39 is 0 Å². The van der Waals surface area contributed by atoms with Gasteiger partial charge in [-0.25, -0.2) is 0 Å². The van der Waals surface area contributed by atoms with Gasteiger partial charge in [0.15, 0.2) is 0 Å². The highest BCUT2D eigenvalue weighted by Gasteiger charge is 2.18. The first-order chi connectivity index (χ1) is 11.5. The highest BCUT2D eigenvalue weighted by atomic mass is 28.2. The zero-order chi connectivity index (χ0) is 17.5. The minimum absolute atomic E-state index is 0.317. The molecule has 0 N–H and O–H groups in total. The van der Waals surface area contributed by atoms with E-state index in [-0.39, 0.29) is 9.52 Å². The lowest BCUT2D eigenvalue weighted by molar-refractivity contribution is 0.708. The quantitative estimate of drug-likeness (QED) is 0.396. The second kappa shape index (κ2) is 9.41. The molecule has 1 aromatic carbocycles. The van der Waals surface area contributed by atoms with Crippen LogP contribution in [0.25, 0.3) is 0 Å². The van der Waals surface area contributed by atoms with E-state index in [2.05, 4.69) is 52.8 Å². The number of allylic oxidation sites excluding steroid dienone is 4. The van der Waals surface area contributed by atoms with E-state index in [1.165, 1.54) is 68.1 Å². The van der Waals surface area contributed by atoms with Crippen molar-refractivity contribution in [1.82, 2.24) is 0 Å². The summed E-state index contributed by atoms with van der Waals surface area (Å²) >= 11 is 0. The topological polar surface area (TPSA) is 0 Å². The maximum atomic E-state index is 2.59. The normalized spacial score (nSPS) is 15.0. The SMILES string of the molecule is CCCCCC1=CC(CCCC)=C([SiH2]c2c(C)cc(C)cc2C)C1. The van der Waals surface area contributed by atoms with Crippen LogP contribution in [0.2, 0.25) is 0 Å². The Kier molecular flexibility index (Phi) is 7.55. The van der Waals surface area contributed by atoms with E-state index in [9.17, 15) is 0 Å². The summed E-state index contributed by atoms with van der Waals surface area (Å²) in [6.45, 7) is 11.5. The van der Waals surface area contributed by atoms with Crippen molar-refractivity contribution in [3.05, 3.63) is 51.2 Å². The average molecular weight is 341 g/mol. The van der Waals surface area contributed by atoms with Crippen LogP contribution in [0.5, 0.6) is 0 Å². The maximum absolute atomic E-state index is 2.59. The summed E-state index contributed by atoms with van der Waals surface area (Å²) in [4.78, 5) is 0. The van der Waals surface area contributed by atoms with Crippen LogP contribution >= 0.6 is 0 Å². The van der Waals surface area contributed by atoms with Gasteiger partial charge in [0.1, 0.15) is 0 Å². The second-order valence-corrected chi connectivity index (χ2v) is 9.64. The Bertz CT molecular complexity index is 596. The first kappa shape index (κ1) is 19.2. The molecule has 0 amide bonds. The Labute approximate surface area is 152 Å². The number of hydrogen-bond donors (Lipinski definition) is 0. The van der Waals surface area contributed by atoms with Gasteiger partial charge in [-0.3, -0.25) is 0 Å². The molecule has 0 aromatic heterocycles. The summed E-state index contributed by atoms with van der Waals surface area (Å²) in [6.07, 6.45) is 13.2. The van der Waals surface area contributed by atoms with Gasteiger partial charge in [-0.2, -0.15) is 0 Å². The molecule has 1 heteroatoms. The number of benzene rings is 1. The van der Waals surface area contributed by atoms with Crippen LogP contribution in [-0.2, 0) is 0 Å². The molecule has 0 saturated heterocycles. The largest absolute Gasteiger partial charge is 0.0838 e. The molecule has 0 radical (unpaired) electrons. The van der Waals surface area contributed by atoms with Crippen molar-refractivity contribution in [1.29, 1.82) is 0 Å². The molecule has 1 aliphatic carbocycles. The molecule has 0 fully saturated rings. The third-order valence-electron chi connectivity index (χ3n) is 5.40. The number of hydrogen-bond acceptors (Lipinski definition) is 0. The molecule has 132 valence electrons. The lowest BCUT2D eigenvalue weighted by Crippen LogP contribution is -2.23. The Morgan fingerprint density at radius 2 is 1.54 bits per heavy atom. The van der Waals surface area contributed by atoms with Gasteiger partial charge in [-0.05, 0) is 52.9 Å². The molecule has 0 heterocycles. The van der Waals surface area contributed by atoms with Gasteiger partial charge in [0.25, 0.3) is 0 Å². The predicted molar refractivity (Wildman–Crippen MR) is 112 cm³/mol. The van der Waals surface area contributed by atoms with E-state index in [1.54, 1.807) is 16.3 Å². The molecule has 0 bridgehead atoms. The van der Waals surface area contributed by atoms with Crippen LogP contribution in [0.1, 0.15) is 81.9 Å². The van der Waals surface area contributed by atoms with Crippen LogP contribution in [0.15, 0.2) is 34.6 Å². The molecule has 0 saturated carbocycles. The van der Waals surface area contributed by atoms with Crippen LogP contribution < -0.4 is 5.19 Å². The number of rotatable bonds is 9. The zero-order valence-electron chi connectivity index (χ0n) is 16.6. The second-order valence-electron chi connectivity index (χ2n) is 7.72. The third-order valence-corrected chi connectivity index (χ3v) is 8.00. The van der Waals surface area contributed by atoms with Gasteiger partial charge in [0.2, 0.25) is 0 Å². The predicted octanol–water partition coefficient (Wildman–Crippen LogP) is 5.76. The minimum atomic E-state index is -0.317. The zero-order valence-corrected chi connectivity index (χ0v) is 18.0. The van der Waals surface area contributed by atoms with Gasteiger partial charge >= 0.3 is 0 Å². The highest BCUT2D eigenvalue weighted by Crippen LogP contribution is 2.31. The van der Waals surface area contributed by atoms with Crippen LogP contribution in [0.3, 0.4) is 0 Å². The van der Waals surface area contributed by atoms with Gasteiger partial charge in [-0.1, -0.05) is 89.5 Å².